The second kappa shape index (κ2) is 3.88. The number of pyridine rings is 1. The second-order valence-electron chi connectivity index (χ2n) is 5.69. The summed E-state index contributed by atoms with van der Waals surface area (Å²) in [6, 6.07) is 3.23. The highest BCUT2D eigenvalue weighted by atomic mass is 16.4. The molecule has 4 saturated carbocycles. The SMILES string of the molecule is O=C(N/N=C1/C2C[C@H]3C(C2C(=O)O)[C@@H]13)c1ccncc1. The molecule has 0 saturated heterocycles. The maximum absolute atomic E-state index is 11.9. The highest BCUT2D eigenvalue weighted by Crippen LogP contribution is 2.71. The second-order valence-corrected chi connectivity index (χ2v) is 5.69. The molecule has 4 aliphatic rings. The minimum Gasteiger partial charge on any atom is -0.481 e. The summed E-state index contributed by atoms with van der Waals surface area (Å²) in [6.07, 6.45) is 4.01. The van der Waals surface area contributed by atoms with Crippen LogP contribution in [0.1, 0.15) is 16.8 Å². The number of carbonyl (C=O) groups excluding carboxylic acids is 1. The molecule has 6 nitrogen and oxygen atoms in total. The van der Waals surface area contributed by atoms with Gasteiger partial charge in [-0.25, -0.2) is 5.43 Å². The largest absolute Gasteiger partial charge is 0.481 e. The quantitative estimate of drug-likeness (QED) is 0.794. The summed E-state index contributed by atoms with van der Waals surface area (Å²) in [5.41, 5.74) is 3.92. The van der Waals surface area contributed by atoms with Crippen molar-refractivity contribution in [2.24, 2.45) is 34.7 Å². The van der Waals surface area contributed by atoms with E-state index in [9.17, 15) is 14.7 Å². The van der Waals surface area contributed by atoms with Crippen LogP contribution in [0.5, 0.6) is 0 Å². The van der Waals surface area contributed by atoms with Gasteiger partial charge in [-0.05, 0) is 30.4 Å². The van der Waals surface area contributed by atoms with E-state index in [1.807, 2.05) is 0 Å². The Morgan fingerprint density at radius 1 is 1.35 bits per heavy atom. The zero-order valence-corrected chi connectivity index (χ0v) is 10.6. The van der Waals surface area contributed by atoms with Crippen LogP contribution in [0.3, 0.4) is 0 Å². The van der Waals surface area contributed by atoms with E-state index in [1.54, 1.807) is 24.5 Å². The van der Waals surface area contributed by atoms with Crippen molar-refractivity contribution in [1.29, 1.82) is 0 Å². The van der Waals surface area contributed by atoms with E-state index in [0.717, 1.165) is 12.1 Å². The molecule has 0 aromatic carbocycles. The molecule has 2 N–H and O–H groups in total. The molecule has 6 heteroatoms. The molecule has 1 heterocycles. The summed E-state index contributed by atoms with van der Waals surface area (Å²) >= 11 is 0. The van der Waals surface area contributed by atoms with Crippen molar-refractivity contribution in [3.05, 3.63) is 30.1 Å². The van der Waals surface area contributed by atoms with Gasteiger partial charge < -0.3 is 5.11 Å². The highest BCUT2D eigenvalue weighted by molar-refractivity contribution is 6.03. The number of rotatable bonds is 3. The molecule has 0 radical (unpaired) electrons. The first-order valence-electron chi connectivity index (χ1n) is 6.69. The molecular formula is C14H13N3O3. The van der Waals surface area contributed by atoms with Gasteiger partial charge in [-0.3, -0.25) is 14.6 Å². The number of carboxylic acid groups (broad SMARTS) is 1. The lowest BCUT2D eigenvalue weighted by Crippen LogP contribution is -2.24. The Morgan fingerprint density at radius 3 is 2.70 bits per heavy atom. The molecule has 0 spiro atoms. The third-order valence-corrected chi connectivity index (χ3v) is 4.84. The van der Waals surface area contributed by atoms with Gasteiger partial charge >= 0.3 is 5.97 Å². The van der Waals surface area contributed by atoms with Crippen LogP contribution in [0.2, 0.25) is 0 Å². The number of amides is 1. The topological polar surface area (TPSA) is 91.7 Å². The van der Waals surface area contributed by atoms with Gasteiger partial charge in [0.25, 0.3) is 5.91 Å². The minimum atomic E-state index is -0.726. The number of aliphatic carboxylic acids is 1. The molecule has 3 unspecified atom stereocenters. The van der Waals surface area contributed by atoms with Crippen LogP contribution in [0, 0.1) is 29.6 Å². The highest BCUT2D eigenvalue weighted by Gasteiger charge is 2.74. The maximum Gasteiger partial charge on any atom is 0.307 e. The van der Waals surface area contributed by atoms with Crippen molar-refractivity contribution in [2.45, 2.75) is 6.42 Å². The van der Waals surface area contributed by atoms with Gasteiger partial charge in [0.05, 0.1) is 5.92 Å². The lowest BCUT2D eigenvalue weighted by Gasteiger charge is -2.09. The molecule has 5 atom stereocenters. The van der Waals surface area contributed by atoms with Crippen LogP contribution >= 0.6 is 0 Å². The van der Waals surface area contributed by atoms with Crippen LogP contribution in [0.4, 0.5) is 0 Å². The zero-order valence-electron chi connectivity index (χ0n) is 10.6. The number of carbonyl (C=O) groups is 2. The fourth-order valence-electron chi connectivity index (χ4n) is 4.05. The summed E-state index contributed by atoms with van der Waals surface area (Å²) in [6.45, 7) is 0. The summed E-state index contributed by atoms with van der Waals surface area (Å²) in [5, 5.41) is 13.4. The molecule has 4 aliphatic carbocycles. The summed E-state index contributed by atoms with van der Waals surface area (Å²) in [5.74, 6) is -0.249. The normalized spacial score (nSPS) is 38.0. The number of aromatic nitrogens is 1. The predicted octanol–water partition coefficient (Wildman–Crippen LogP) is 0.764. The molecule has 1 aromatic rings. The molecule has 20 heavy (non-hydrogen) atoms. The van der Waals surface area contributed by atoms with Gasteiger partial charge in [-0.1, -0.05) is 0 Å². The average Bonchev–Trinajstić information content (AvgIpc) is 2.81. The standard InChI is InChI=1S/C14H13N3O3/c18-13(6-1-3-15-4-2-6)17-16-12-8-5-7-9(10(7)12)11(8)14(19)20/h1-4,7-11H,5H2,(H,17,18)(H,19,20)/b16-12-/t7-,8?,9?,10-,11?/m0/s1. The van der Waals surface area contributed by atoms with Crippen LogP contribution in [0.25, 0.3) is 0 Å². The first kappa shape index (κ1) is 11.6. The van der Waals surface area contributed by atoms with E-state index in [2.05, 4.69) is 15.5 Å². The van der Waals surface area contributed by atoms with E-state index in [4.69, 9.17) is 0 Å². The molecule has 5 rings (SSSR count). The van der Waals surface area contributed by atoms with Gasteiger partial charge in [-0.15, -0.1) is 0 Å². The third kappa shape index (κ3) is 1.44. The summed E-state index contributed by atoms with van der Waals surface area (Å²) < 4.78 is 0. The van der Waals surface area contributed by atoms with Gasteiger partial charge in [-0.2, -0.15) is 5.10 Å². The Bertz CT molecular complexity index is 628. The number of nitrogens with zero attached hydrogens (tertiary/aromatic N) is 2. The Morgan fingerprint density at radius 2 is 2.10 bits per heavy atom. The van der Waals surface area contributed by atoms with Gasteiger partial charge in [0.15, 0.2) is 0 Å². The smallest absolute Gasteiger partial charge is 0.307 e. The molecule has 1 amide bonds. The Labute approximate surface area is 114 Å². The van der Waals surface area contributed by atoms with Gasteiger partial charge in [0, 0.05) is 35.5 Å². The van der Waals surface area contributed by atoms with Crippen LogP contribution in [0.15, 0.2) is 29.6 Å². The number of nitrogens with one attached hydrogen (secondary N) is 1. The molecule has 102 valence electrons. The van der Waals surface area contributed by atoms with Crippen molar-refractivity contribution in [1.82, 2.24) is 10.4 Å². The van der Waals surface area contributed by atoms with Gasteiger partial charge in [0.2, 0.25) is 0 Å². The van der Waals surface area contributed by atoms with E-state index < -0.39 is 5.97 Å². The molecule has 0 aliphatic heterocycles. The lowest BCUT2D eigenvalue weighted by molar-refractivity contribution is -0.142. The summed E-state index contributed by atoms with van der Waals surface area (Å²) in [4.78, 5) is 27.0. The number of carboxylic acids is 1. The van der Waals surface area contributed by atoms with Crippen molar-refractivity contribution in [2.75, 3.05) is 0 Å². The Hall–Kier alpha value is -2.24. The van der Waals surface area contributed by atoms with E-state index in [0.29, 0.717) is 17.4 Å². The van der Waals surface area contributed by atoms with Crippen LogP contribution in [-0.2, 0) is 4.79 Å². The van der Waals surface area contributed by atoms with Crippen molar-refractivity contribution >= 4 is 17.6 Å². The van der Waals surface area contributed by atoms with Crippen LogP contribution in [-0.4, -0.2) is 27.7 Å². The first-order valence-corrected chi connectivity index (χ1v) is 6.69. The van der Waals surface area contributed by atoms with Crippen molar-refractivity contribution in [3.63, 3.8) is 0 Å². The summed E-state index contributed by atoms with van der Waals surface area (Å²) in [7, 11) is 0. The number of hydrogen-bond donors (Lipinski definition) is 2. The molecule has 1 aromatic heterocycles. The number of hydrogen-bond acceptors (Lipinski definition) is 4. The minimum absolute atomic E-state index is 0.0187. The first-order chi connectivity index (χ1) is 9.68. The lowest BCUT2D eigenvalue weighted by atomic mass is 9.98. The fraction of sp³-hybridized carbons (Fsp3) is 0.429. The fourth-order valence-corrected chi connectivity index (χ4v) is 4.05. The van der Waals surface area contributed by atoms with E-state index in [1.165, 1.54) is 0 Å². The van der Waals surface area contributed by atoms with Crippen LogP contribution < -0.4 is 5.43 Å². The van der Waals surface area contributed by atoms with Crippen molar-refractivity contribution < 1.29 is 14.7 Å². The third-order valence-electron chi connectivity index (χ3n) is 4.84. The predicted molar refractivity (Wildman–Crippen MR) is 68.8 cm³/mol. The Kier molecular flexibility index (Phi) is 2.24. The van der Waals surface area contributed by atoms with Crippen molar-refractivity contribution in [3.8, 4) is 0 Å². The zero-order chi connectivity index (χ0) is 13.9. The van der Waals surface area contributed by atoms with E-state index >= 15 is 0 Å². The number of hydrazone groups is 1. The molecular weight excluding hydrogens is 258 g/mol. The average molecular weight is 271 g/mol. The monoisotopic (exact) mass is 271 g/mol. The van der Waals surface area contributed by atoms with Gasteiger partial charge in [0.1, 0.15) is 0 Å². The maximum atomic E-state index is 11.9. The molecule has 4 fully saturated rings. The molecule has 4 bridgehead atoms. The Balaban J connectivity index is 1.51. The van der Waals surface area contributed by atoms with E-state index in [-0.39, 0.29) is 23.7 Å².